The van der Waals surface area contributed by atoms with Gasteiger partial charge in [-0.2, -0.15) is 0 Å². The first-order chi connectivity index (χ1) is 18.9. The van der Waals surface area contributed by atoms with Crippen LogP contribution in [-0.4, -0.2) is 29.0 Å². The fourth-order valence-corrected chi connectivity index (χ4v) is 6.32. The van der Waals surface area contributed by atoms with Crippen molar-refractivity contribution >= 4 is 23.4 Å². The molecule has 2 aliphatic heterocycles. The molecule has 0 fully saturated rings. The molecule has 0 saturated heterocycles. The minimum absolute atomic E-state index is 0.197. The van der Waals surface area contributed by atoms with Crippen LogP contribution in [0.3, 0.4) is 0 Å². The Labute approximate surface area is 228 Å². The number of rotatable bonds is 5. The Kier molecular flexibility index (Phi) is 6.23. The average molecular weight is 542 g/mol. The van der Waals surface area contributed by atoms with E-state index in [9.17, 15) is 9.59 Å². The van der Waals surface area contributed by atoms with Crippen LogP contribution >= 0.6 is 11.3 Å². The molecule has 4 heterocycles. The van der Waals surface area contributed by atoms with Crippen molar-refractivity contribution < 1.29 is 19.0 Å². The van der Waals surface area contributed by atoms with Crippen molar-refractivity contribution in [1.82, 2.24) is 9.13 Å². The van der Waals surface area contributed by atoms with E-state index < -0.39 is 12.0 Å². The summed E-state index contributed by atoms with van der Waals surface area (Å²) in [5, 5.41) is 0. The summed E-state index contributed by atoms with van der Waals surface area (Å²) in [5.74, 6) is 0.961. The second-order valence-electron chi connectivity index (χ2n) is 9.40. The van der Waals surface area contributed by atoms with Crippen molar-refractivity contribution in [3.05, 3.63) is 108 Å². The van der Waals surface area contributed by atoms with Crippen LogP contribution < -0.4 is 24.4 Å². The lowest BCUT2D eigenvalue weighted by atomic mass is 9.95. The number of aromatic nitrogens is 2. The topological polar surface area (TPSA) is 84.0 Å². The number of esters is 1. The molecule has 0 aliphatic carbocycles. The molecule has 0 unspecified atom stereocenters. The monoisotopic (exact) mass is 541 g/mol. The van der Waals surface area contributed by atoms with Gasteiger partial charge in [-0.15, -0.1) is 0 Å². The number of thiazole rings is 1. The molecule has 198 valence electrons. The Morgan fingerprint density at radius 1 is 1.13 bits per heavy atom. The summed E-state index contributed by atoms with van der Waals surface area (Å²) in [4.78, 5) is 32.2. The summed E-state index contributed by atoms with van der Waals surface area (Å²) in [7, 11) is 1.35. The standard InChI is InChI=1S/C30H27N3O5S/c1-5-22-26(29(35)36-4)27(19-9-7-6-8-10-19)33-28(34)25(39-30(33)31-22)14-20-13-17(2)32(18(20)3)21-11-12-23-24(15-21)38-16-37-23/h6-15,27H,5,16H2,1-4H3/b25-14-/t27-/m1/s1. The molecule has 0 saturated carbocycles. The van der Waals surface area contributed by atoms with Gasteiger partial charge < -0.3 is 18.8 Å². The van der Waals surface area contributed by atoms with Crippen LogP contribution in [0.4, 0.5) is 0 Å². The Morgan fingerprint density at radius 3 is 2.64 bits per heavy atom. The lowest BCUT2D eigenvalue weighted by molar-refractivity contribution is -0.136. The first-order valence-corrected chi connectivity index (χ1v) is 13.5. The summed E-state index contributed by atoms with van der Waals surface area (Å²) in [6, 6.07) is 16.8. The van der Waals surface area contributed by atoms with Gasteiger partial charge in [-0.3, -0.25) is 9.36 Å². The minimum Gasteiger partial charge on any atom is -0.466 e. The van der Waals surface area contributed by atoms with E-state index in [4.69, 9.17) is 19.2 Å². The van der Waals surface area contributed by atoms with Gasteiger partial charge in [-0.25, -0.2) is 9.79 Å². The molecule has 0 radical (unpaired) electrons. The van der Waals surface area contributed by atoms with Crippen LogP contribution in [0.25, 0.3) is 11.8 Å². The number of aryl methyl sites for hydroxylation is 1. The van der Waals surface area contributed by atoms with E-state index in [2.05, 4.69) is 10.6 Å². The zero-order valence-corrected chi connectivity index (χ0v) is 22.9. The second kappa shape index (κ2) is 9.74. The Hall–Kier alpha value is -4.37. The normalized spacial score (nSPS) is 16.3. The van der Waals surface area contributed by atoms with Crippen LogP contribution in [0.1, 0.15) is 41.9 Å². The largest absolute Gasteiger partial charge is 0.466 e. The Bertz CT molecular complexity index is 1830. The lowest BCUT2D eigenvalue weighted by Gasteiger charge is -2.25. The van der Waals surface area contributed by atoms with Gasteiger partial charge >= 0.3 is 5.97 Å². The highest BCUT2D eigenvalue weighted by Gasteiger charge is 2.33. The van der Waals surface area contributed by atoms with Crippen molar-refractivity contribution in [1.29, 1.82) is 0 Å². The third-order valence-corrected chi connectivity index (χ3v) is 8.12. The lowest BCUT2D eigenvalue weighted by Crippen LogP contribution is -2.40. The molecule has 0 bridgehead atoms. The number of hydrogen-bond donors (Lipinski definition) is 0. The molecular weight excluding hydrogens is 514 g/mol. The zero-order chi connectivity index (χ0) is 27.3. The summed E-state index contributed by atoms with van der Waals surface area (Å²) >= 11 is 1.33. The molecule has 2 aromatic carbocycles. The third kappa shape index (κ3) is 4.10. The predicted molar refractivity (Wildman–Crippen MR) is 148 cm³/mol. The van der Waals surface area contributed by atoms with Gasteiger partial charge in [0.1, 0.15) is 0 Å². The van der Waals surface area contributed by atoms with Crippen molar-refractivity contribution in [2.24, 2.45) is 4.99 Å². The quantitative estimate of drug-likeness (QED) is 0.358. The van der Waals surface area contributed by atoms with Crippen molar-refractivity contribution in [2.45, 2.75) is 33.2 Å². The molecule has 2 aliphatic rings. The molecule has 9 heteroatoms. The summed E-state index contributed by atoms with van der Waals surface area (Å²) < 4.78 is 20.5. The highest BCUT2D eigenvalue weighted by molar-refractivity contribution is 7.07. The molecule has 0 N–H and O–H groups in total. The van der Waals surface area contributed by atoms with E-state index in [0.717, 1.165) is 34.0 Å². The maximum atomic E-state index is 13.9. The van der Waals surface area contributed by atoms with Gasteiger partial charge in [-0.05, 0) is 55.7 Å². The minimum atomic E-state index is -0.618. The van der Waals surface area contributed by atoms with Crippen molar-refractivity contribution in [2.75, 3.05) is 13.9 Å². The highest BCUT2D eigenvalue weighted by Crippen LogP contribution is 2.35. The van der Waals surface area contributed by atoms with E-state index in [1.807, 2.05) is 75.4 Å². The van der Waals surface area contributed by atoms with Crippen LogP contribution in [0.5, 0.6) is 11.5 Å². The molecule has 2 aromatic heterocycles. The van der Waals surface area contributed by atoms with E-state index in [0.29, 0.717) is 32.8 Å². The molecule has 8 nitrogen and oxygen atoms in total. The van der Waals surface area contributed by atoms with Crippen LogP contribution in [0.15, 0.2) is 75.7 Å². The number of methoxy groups -OCH3 is 1. The van der Waals surface area contributed by atoms with Gasteiger partial charge in [0.15, 0.2) is 16.3 Å². The van der Waals surface area contributed by atoms with Gasteiger partial charge in [0.2, 0.25) is 6.79 Å². The summed E-state index contributed by atoms with van der Waals surface area (Å²) in [6.07, 6.45) is 2.45. The molecule has 39 heavy (non-hydrogen) atoms. The number of hydrogen-bond acceptors (Lipinski definition) is 7. The Balaban J connectivity index is 1.51. The third-order valence-electron chi connectivity index (χ3n) is 7.14. The average Bonchev–Trinajstić information content (AvgIpc) is 3.63. The van der Waals surface area contributed by atoms with Crippen LogP contribution in [-0.2, 0) is 9.53 Å². The number of benzene rings is 2. The van der Waals surface area contributed by atoms with Gasteiger partial charge in [0.05, 0.1) is 29.0 Å². The number of nitrogens with zero attached hydrogens (tertiary/aromatic N) is 3. The predicted octanol–water partition coefficient (Wildman–Crippen LogP) is 3.93. The summed E-state index contributed by atoms with van der Waals surface area (Å²) in [6.45, 7) is 6.22. The second-order valence-corrected chi connectivity index (χ2v) is 10.4. The highest BCUT2D eigenvalue weighted by atomic mass is 32.1. The summed E-state index contributed by atoms with van der Waals surface area (Å²) in [5.41, 5.74) is 5.54. The smallest absolute Gasteiger partial charge is 0.338 e. The van der Waals surface area contributed by atoms with Gasteiger partial charge in [0.25, 0.3) is 5.56 Å². The van der Waals surface area contributed by atoms with Crippen molar-refractivity contribution in [3.63, 3.8) is 0 Å². The van der Waals surface area contributed by atoms with Gasteiger partial charge in [-0.1, -0.05) is 48.6 Å². The van der Waals surface area contributed by atoms with E-state index in [1.54, 1.807) is 4.57 Å². The van der Waals surface area contributed by atoms with Crippen LogP contribution in [0.2, 0.25) is 0 Å². The number of fused-ring (bicyclic) bond motifs is 2. The SMILES string of the molecule is CCC1=C(C(=O)OC)[C@@H](c2ccccc2)n2c(s/c(=C\c3cc(C)n(-c4ccc5c(c4)OCO5)c3C)c2=O)=N1. The zero-order valence-electron chi connectivity index (χ0n) is 22.1. The Morgan fingerprint density at radius 2 is 1.90 bits per heavy atom. The van der Waals surface area contributed by atoms with E-state index in [-0.39, 0.29) is 12.4 Å². The fraction of sp³-hybridized carbons (Fsp3) is 0.233. The maximum absolute atomic E-state index is 13.9. The maximum Gasteiger partial charge on any atom is 0.338 e. The van der Waals surface area contributed by atoms with E-state index in [1.165, 1.54) is 18.4 Å². The molecule has 6 rings (SSSR count). The van der Waals surface area contributed by atoms with Gasteiger partial charge in [0, 0.05) is 23.1 Å². The first kappa shape index (κ1) is 24.9. The number of carbonyl (C=O) groups excluding carboxylic acids is 1. The number of ether oxygens (including phenoxy) is 3. The first-order valence-electron chi connectivity index (χ1n) is 12.7. The molecule has 0 amide bonds. The molecule has 0 spiro atoms. The van der Waals surface area contributed by atoms with E-state index >= 15 is 0 Å². The molecular formula is C30H27N3O5S. The van der Waals surface area contributed by atoms with Crippen molar-refractivity contribution in [3.8, 4) is 17.2 Å². The fourth-order valence-electron chi connectivity index (χ4n) is 5.31. The van der Waals surface area contributed by atoms with Crippen LogP contribution in [0, 0.1) is 13.8 Å². The number of allylic oxidation sites excluding steroid dienone is 1. The molecule has 1 atom stereocenters. The number of carbonyl (C=O) groups is 1. The molecule has 4 aromatic rings.